The van der Waals surface area contributed by atoms with Crippen molar-refractivity contribution in [2.45, 2.75) is 108 Å². The molecule has 0 heterocycles. The molecule has 23 heavy (non-hydrogen) atoms. The number of nitrogens with two attached hydrogens (primary N) is 1. The monoisotopic (exact) mass is 333 g/mol. The first kappa shape index (κ1) is 22.8. The summed E-state index contributed by atoms with van der Waals surface area (Å²) in [7, 11) is 0. The molecule has 6 N–H and O–H groups in total. The molecular weight excluding hydrogens is 294 g/mol. The second-order valence-corrected chi connectivity index (χ2v) is 6.72. The maximum atomic E-state index is 9.83. The summed E-state index contributed by atoms with van der Waals surface area (Å²) in [6.07, 6.45) is 10.4. The van der Waals surface area contributed by atoms with Gasteiger partial charge in [-0.1, -0.05) is 77.6 Å². The van der Waals surface area contributed by atoms with E-state index in [4.69, 9.17) is 10.8 Å². The molecule has 0 rings (SSSR count). The first-order valence-electron chi connectivity index (χ1n) is 9.45. The maximum absolute atomic E-state index is 9.83. The van der Waals surface area contributed by atoms with E-state index in [9.17, 15) is 15.3 Å². The molecule has 0 aliphatic rings. The number of hydrogen-bond acceptors (Lipinski definition) is 5. The van der Waals surface area contributed by atoms with Crippen molar-refractivity contribution < 1.29 is 20.4 Å². The van der Waals surface area contributed by atoms with Crippen molar-refractivity contribution in [1.29, 1.82) is 0 Å². The standard InChI is InChI=1S/C18H39NO4/c1-2-3-4-5-6-7-8-9-10-11-12-13-16(21)18(23)17(22)15(19)14-20/h15-18,20-23H,2-14,19H2,1H3. The Bertz CT molecular complexity index is 253. The van der Waals surface area contributed by atoms with Crippen molar-refractivity contribution in [3.05, 3.63) is 0 Å². The molecule has 0 aliphatic carbocycles. The van der Waals surface area contributed by atoms with Crippen molar-refractivity contribution >= 4 is 0 Å². The summed E-state index contributed by atoms with van der Waals surface area (Å²) in [5.74, 6) is 0. The van der Waals surface area contributed by atoms with E-state index in [0.29, 0.717) is 6.42 Å². The van der Waals surface area contributed by atoms with Crippen molar-refractivity contribution in [2.24, 2.45) is 5.73 Å². The average Bonchev–Trinajstić information content (AvgIpc) is 2.57. The molecule has 0 aliphatic heterocycles. The van der Waals surface area contributed by atoms with Gasteiger partial charge in [-0.15, -0.1) is 0 Å². The van der Waals surface area contributed by atoms with Crippen molar-refractivity contribution in [1.82, 2.24) is 0 Å². The average molecular weight is 334 g/mol. The van der Waals surface area contributed by atoms with Crippen LogP contribution < -0.4 is 5.73 Å². The second kappa shape index (κ2) is 15.3. The van der Waals surface area contributed by atoms with Gasteiger partial charge in [-0.2, -0.15) is 0 Å². The van der Waals surface area contributed by atoms with Gasteiger partial charge in [-0.25, -0.2) is 0 Å². The fourth-order valence-corrected chi connectivity index (χ4v) is 2.78. The highest BCUT2D eigenvalue weighted by Crippen LogP contribution is 2.14. The molecule has 5 nitrogen and oxygen atoms in total. The van der Waals surface area contributed by atoms with Crippen LogP contribution in [0.2, 0.25) is 0 Å². The molecule has 0 amide bonds. The third kappa shape index (κ3) is 11.9. The number of rotatable bonds is 16. The zero-order valence-electron chi connectivity index (χ0n) is 14.9. The quantitative estimate of drug-likeness (QED) is 0.278. The molecule has 140 valence electrons. The third-order valence-electron chi connectivity index (χ3n) is 4.50. The molecule has 0 bridgehead atoms. The topological polar surface area (TPSA) is 107 Å². The zero-order valence-corrected chi connectivity index (χ0v) is 14.9. The Kier molecular flexibility index (Phi) is 15.2. The summed E-state index contributed by atoms with van der Waals surface area (Å²) in [5, 5.41) is 38.1. The van der Waals surface area contributed by atoms with Crippen LogP contribution in [-0.4, -0.2) is 51.4 Å². The van der Waals surface area contributed by atoms with Crippen LogP contribution in [0.25, 0.3) is 0 Å². The summed E-state index contributed by atoms with van der Waals surface area (Å²) < 4.78 is 0. The number of unbranched alkanes of at least 4 members (excludes halogenated alkanes) is 10. The minimum Gasteiger partial charge on any atom is -0.395 e. The summed E-state index contributed by atoms with van der Waals surface area (Å²) in [5.41, 5.74) is 5.45. The van der Waals surface area contributed by atoms with E-state index in [1.165, 1.54) is 51.4 Å². The SMILES string of the molecule is CCCCCCCCCCCCCC(O)C(O)C(O)C(N)CO. The van der Waals surface area contributed by atoms with E-state index in [1.807, 2.05) is 0 Å². The Labute approximate surface area is 141 Å². The Morgan fingerprint density at radius 2 is 1.13 bits per heavy atom. The third-order valence-corrected chi connectivity index (χ3v) is 4.50. The van der Waals surface area contributed by atoms with Crippen LogP contribution in [0.1, 0.15) is 84.0 Å². The maximum Gasteiger partial charge on any atom is 0.107 e. The van der Waals surface area contributed by atoms with E-state index in [0.717, 1.165) is 19.3 Å². The van der Waals surface area contributed by atoms with Crippen molar-refractivity contribution in [2.75, 3.05) is 6.61 Å². The molecule has 4 unspecified atom stereocenters. The normalized spacial score (nSPS) is 17.0. The van der Waals surface area contributed by atoms with Crippen LogP contribution in [0.5, 0.6) is 0 Å². The lowest BCUT2D eigenvalue weighted by molar-refractivity contribution is -0.0754. The van der Waals surface area contributed by atoms with Gasteiger partial charge in [0, 0.05) is 0 Å². The molecule has 0 aromatic rings. The summed E-state index contributed by atoms with van der Waals surface area (Å²) >= 11 is 0. The molecular formula is C18H39NO4. The van der Waals surface area contributed by atoms with Gasteiger partial charge >= 0.3 is 0 Å². The molecule has 5 heteroatoms. The van der Waals surface area contributed by atoms with E-state index in [-0.39, 0.29) is 0 Å². The largest absolute Gasteiger partial charge is 0.395 e. The van der Waals surface area contributed by atoms with E-state index in [1.54, 1.807) is 0 Å². The number of aliphatic hydroxyl groups excluding tert-OH is 4. The van der Waals surface area contributed by atoms with Crippen LogP contribution in [0, 0.1) is 0 Å². The van der Waals surface area contributed by atoms with Crippen molar-refractivity contribution in [3.63, 3.8) is 0 Å². The van der Waals surface area contributed by atoms with Crippen molar-refractivity contribution in [3.8, 4) is 0 Å². The van der Waals surface area contributed by atoms with Gasteiger partial charge < -0.3 is 26.2 Å². The van der Waals surface area contributed by atoms with Gasteiger partial charge in [0.15, 0.2) is 0 Å². The number of hydrogen-bond donors (Lipinski definition) is 5. The fraction of sp³-hybridized carbons (Fsp3) is 1.00. The van der Waals surface area contributed by atoms with E-state index >= 15 is 0 Å². The fourth-order valence-electron chi connectivity index (χ4n) is 2.78. The summed E-state index contributed by atoms with van der Waals surface area (Å²) in [4.78, 5) is 0. The Balaban J connectivity index is 3.46. The smallest absolute Gasteiger partial charge is 0.107 e. The molecule has 4 atom stereocenters. The van der Waals surface area contributed by atoms with Crippen LogP contribution in [0.15, 0.2) is 0 Å². The van der Waals surface area contributed by atoms with Crippen LogP contribution in [-0.2, 0) is 0 Å². The molecule has 0 aromatic heterocycles. The minimum absolute atomic E-state index is 0.413. The molecule has 0 aromatic carbocycles. The predicted octanol–water partition coefficient (Wildman–Crippen LogP) is 2.09. The zero-order chi connectivity index (χ0) is 17.5. The Morgan fingerprint density at radius 3 is 1.57 bits per heavy atom. The van der Waals surface area contributed by atoms with Gasteiger partial charge in [0.1, 0.15) is 6.10 Å². The van der Waals surface area contributed by atoms with E-state index < -0.39 is 31.0 Å². The van der Waals surface area contributed by atoms with Crippen LogP contribution in [0.3, 0.4) is 0 Å². The first-order valence-corrected chi connectivity index (χ1v) is 9.45. The van der Waals surface area contributed by atoms with Gasteiger partial charge in [-0.3, -0.25) is 0 Å². The second-order valence-electron chi connectivity index (χ2n) is 6.72. The Hall–Kier alpha value is -0.200. The van der Waals surface area contributed by atoms with Crippen LogP contribution >= 0.6 is 0 Å². The van der Waals surface area contributed by atoms with Gasteiger partial charge in [-0.05, 0) is 6.42 Å². The lowest BCUT2D eigenvalue weighted by atomic mass is 9.97. The molecule has 0 saturated carbocycles. The lowest BCUT2D eigenvalue weighted by Crippen LogP contribution is -2.49. The highest BCUT2D eigenvalue weighted by atomic mass is 16.4. The molecule has 0 fully saturated rings. The highest BCUT2D eigenvalue weighted by Gasteiger charge is 2.28. The molecule has 0 spiro atoms. The van der Waals surface area contributed by atoms with Gasteiger partial charge in [0.25, 0.3) is 0 Å². The first-order chi connectivity index (χ1) is 11.0. The predicted molar refractivity (Wildman–Crippen MR) is 94.2 cm³/mol. The minimum atomic E-state index is -1.29. The summed E-state index contributed by atoms with van der Waals surface area (Å²) in [6.45, 7) is 1.82. The Morgan fingerprint density at radius 1 is 0.696 bits per heavy atom. The highest BCUT2D eigenvalue weighted by molar-refractivity contribution is 4.82. The molecule has 0 radical (unpaired) electrons. The van der Waals surface area contributed by atoms with Gasteiger partial charge in [0.05, 0.1) is 24.9 Å². The van der Waals surface area contributed by atoms with E-state index in [2.05, 4.69) is 6.92 Å². The number of aliphatic hydroxyl groups is 4. The van der Waals surface area contributed by atoms with Crippen LogP contribution in [0.4, 0.5) is 0 Å². The molecule has 0 saturated heterocycles. The van der Waals surface area contributed by atoms with Gasteiger partial charge in [0.2, 0.25) is 0 Å². The lowest BCUT2D eigenvalue weighted by Gasteiger charge is -2.26. The summed E-state index contributed by atoms with van der Waals surface area (Å²) in [6, 6.07) is -0.919.